The van der Waals surface area contributed by atoms with Gasteiger partial charge in [0, 0.05) is 17.6 Å². The molecule has 1 N–H and O–H groups in total. The summed E-state index contributed by atoms with van der Waals surface area (Å²) in [5, 5.41) is 3.16. The summed E-state index contributed by atoms with van der Waals surface area (Å²) in [5.41, 5.74) is 0.386. The first-order valence-corrected chi connectivity index (χ1v) is 9.01. The average molecular weight is 427 g/mol. The predicted octanol–water partition coefficient (Wildman–Crippen LogP) is 2.83. The van der Waals surface area contributed by atoms with Crippen LogP contribution in [-0.2, 0) is 6.54 Å². The van der Waals surface area contributed by atoms with Gasteiger partial charge < -0.3 is 15.0 Å². The number of nitrogens with one attached hydrogen (secondary N) is 1. The summed E-state index contributed by atoms with van der Waals surface area (Å²) in [6.45, 7) is 1.97. The number of amides is 1. The van der Waals surface area contributed by atoms with Gasteiger partial charge in [-0.3, -0.25) is 4.79 Å². The minimum Gasteiger partial charge on any atom is -0.467 e. The highest BCUT2D eigenvalue weighted by molar-refractivity contribution is 9.10. The Morgan fingerprint density at radius 2 is 2.08 bits per heavy atom. The maximum Gasteiger partial charge on any atom is 0.321 e. The number of anilines is 1. The third kappa shape index (κ3) is 4.38. The van der Waals surface area contributed by atoms with Crippen LogP contribution in [0.1, 0.15) is 29.0 Å². The van der Waals surface area contributed by atoms with Gasteiger partial charge in [0.2, 0.25) is 5.95 Å². The molecule has 3 rings (SSSR count). The third-order valence-electron chi connectivity index (χ3n) is 3.80. The molecule has 1 aliphatic heterocycles. The van der Waals surface area contributed by atoms with E-state index in [0.29, 0.717) is 22.4 Å². The van der Waals surface area contributed by atoms with E-state index in [1.807, 2.05) is 0 Å². The topological polar surface area (TPSA) is 80.2 Å². The molecule has 9 heteroatoms. The van der Waals surface area contributed by atoms with Crippen LogP contribution < -0.4 is 15.0 Å². The maximum atomic E-state index is 12.4. The van der Waals surface area contributed by atoms with E-state index in [1.54, 1.807) is 18.2 Å². The SMILES string of the molecule is COc1nc(CNC(=O)c2cc(Br)ccc2Cl)nc(N2CCCC2)n1. The number of halogens is 2. The van der Waals surface area contributed by atoms with Gasteiger partial charge in [0.15, 0.2) is 5.82 Å². The van der Waals surface area contributed by atoms with Gasteiger partial charge in [-0.15, -0.1) is 0 Å². The van der Waals surface area contributed by atoms with E-state index in [-0.39, 0.29) is 18.5 Å². The lowest BCUT2D eigenvalue weighted by Crippen LogP contribution is -2.26. The second kappa shape index (κ2) is 7.97. The summed E-state index contributed by atoms with van der Waals surface area (Å²) >= 11 is 9.42. The van der Waals surface area contributed by atoms with Crippen molar-refractivity contribution >= 4 is 39.4 Å². The molecule has 132 valence electrons. The second-order valence-corrected chi connectivity index (χ2v) is 6.86. The van der Waals surface area contributed by atoms with Crippen molar-refractivity contribution in [2.45, 2.75) is 19.4 Å². The molecule has 0 unspecified atom stereocenters. The van der Waals surface area contributed by atoms with Crippen LogP contribution >= 0.6 is 27.5 Å². The van der Waals surface area contributed by atoms with Crippen molar-refractivity contribution in [3.8, 4) is 6.01 Å². The quantitative estimate of drug-likeness (QED) is 0.792. The average Bonchev–Trinajstić information content (AvgIpc) is 3.16. The highest BCUT2D eigenvalue weighted by Crippen LogP contribution is 2.21. The number of carbonyl (C=O) groups excluding carboxylic acids is 1. The number of benzene rings is 1. The zero-order valence-corrected chi connectivity index (χ0v) is 16.0. The molecule has 0 spiro atoms. The number of hydrogen-bond donors (Lipinski definition) is 1. The normalized spacial score (nSPS) is 13.8. The Kier molecular flexibility index (Phi) is 5.70. The minimum absolute atomic E-state index is 0.154. The maximum absolute atomic E-state index is 12.4. The van der Waals surface area contributed by atoms with E-state index >= 15 is 0 Å². The number of methoxy groups -OCH3 is 1. The molecule has 1 aromatic heterocycles. The predicted molar refractivity (Wildman–Crippen MR) is 98.1 cm³/mol. The molecule has 1 amide bonds. The van der Waals surface area contributed by atoms with Crippen molar-refractivity contribution in [1.29, 1.82) is 0 Å². The van der Waals surface area contributed by atoms with Crippen molar-refractivity contribution < 1.29 is 9.53 Å². The molecule has 2 heterocycles. The lowest BCUT2D eigenvalue weighted by atomic mass is 10.2. The van der Waals surface area contributed by atoms with Gasteiger partial charge in [-0.1, -0.05) is 27.5 Å². The zero-order chi connectivity index (χ0) is 17.8. The van der Waals surface area contributed by atoms with Crippen LogP contribution in [0.3, 0.4) is 0 Å². The van der Waals surface area contributed by atoms with Crippen LogP contribution in [0.2, 0.25) is 5.02 Å². The molecule has 7 nitrogen and oxygen atoms in total. The number of rotatable bonds is 5. The first-order chi connectivity index (χ1) is 12.1. The fraction of sp³-hybridized carbons (Fsp3) is 0.375. The zero-order valence-electron chi connectivity index (χ0n) is 13.6. The first kappa shape index (κ1) is 17.9. The summed E-state index contributed by atoms with van der Waals surface area (Å²) in [6.07, 6.45) is 2.23. The smallest absolute Gasteiger partial charge is 0.321 e. The van der Waals surface area contributed by atoms with Crippen molar-refractivity contribution in [3.05, 3.63) is 39.1 Å². The molecule has 0 bridgehead atoms. The number of hydrogen-bond acceptors (Lipinski definition) is 6. The van der Waals surface area contributed by atoms with Crippen molar-refractivity contribution in [2.75, 3.05) is 25.1 Å². The van der Waals surface area contributed by atoms with Gasteiger partial charge in [0.25, 0.3) is 5.91 Å². The van der Waals surface area contributed by atoms with Gasteiger partial charge in [-0.25, -0.2) is 0 Å². The molecule has 25 heavy (non-hydrogen) atoms. The standard InChI is InChI=1S/C16H17BrClN5O2/c1-25-16-21-13(20-15(22-16)23-6-2-3-7-23)9-19-14(24)11-8-10(17)4-5-12(11)18/h4-5,8H,2-3,6-7,9H2,1H3,(H,19,24). The fourth-order valence-corrected chi connectivity index (χ4v) is 3.11. The number of ether oxygens (including phenoxy) is 1. The highest BCUT2D eigenvalue weighted by Gasteiger charge is 2.18. The van der Waals surface area contributed by atoms with Crippen LogP contribution in [-0.4, -0.2) is 41.1 Å². The van der Waals surface area contributed by atoms with Crippen LogP contribution in [0.4, 0.5) is 5.95 Å². The minimum atomic E-state index is -0.298. The Balaban J connectivity index is 1.74. The largest absolute Gasteiger partial charge is 0.467 e. The molecule has 2 aromatic rings. The van der Waals surface area contributed by atoms with E-state index < -0.39 is 0 Å². The first-order valence-electron chi connectivity index (χ1n) is 7.84. The van der Waals surface area contributed by atoms with E-state index in [9.17, 15) is 4.79 Å². The Labute approximate surface area is 158 Å². The molecule has 0 saturated carbocycles. The van der Waals surface area contributed by atoms with Gasteiger partial charge >= 0.3 is 6.01 Å². The monoisotopic (exact) mass is 425 g/mol. The molecular weight excluding hydrogens is 410 g/mol. The molecule has 0 radical (unpaired) electrons. The van der Waals surface area contributed by atoms with E-state index in [4.69, 9.17) is 16.3 Å². The Morgan fingerprint density at radius 1 is 1.32 bits per heavy atom. The third-order valence-corrected chi connectivity index (χ3v) is 4.62. The summed E-state index contributed by atoms with van der Waals surface area (Å²) in [6, 6.07) is 5.35. The molecule has 1 saturated heterocycles. The molecule has 1 aliphatic rings. The highest BCUT2D eigenvalue weighted by atomic mass is 79.9. The Hall–Kier alpha value is -1.93. The number of nitrogens with zero attached hydrogens (tertiary/aromatic N) is 4. The van der Waals surface area contributed by atoms with Crippen molar-refractivity contribution in [2.24, 2.45) is 0 Å². The second-order valence-electron chi connectivity index (χ2n) is 5.54. The molecule has 0 aliphatic carbocycles. The fourth-order valence-electron chi connectivity index (χ4n) is 2.54. The summed E-state index contributed by atoms with van der Waals surface area (Å²) in [5.74, 6) is 0.718. The Morgan fingerprint density at radius 3 is 2.80 bits per heavy atom. The summed E-state index contributed by atoms with van der Waals surface area (Å²) in [7, 11) is 1.51. The molecular formula is C16H17BrClN5O2. The van der Waals surface area contributed by atoms with Gasteiger partial charge in [0.05, 0.1) is 24.2 Å². The number of aromatic nitrogens is 3. The van der Waals surface area contributed by atoms with Crippen LogP contribution in [0.25, 0.3) is 0 Å². The summed E-state index contributed by atoms with van der Waals surface area (Å²) in [4.78, 5) is 27.4. The van der Waals surface area contributed by atoms with Crippen molar-refractivity contribution in [1.82, 2.24) is 20.3 Å². The molecule has 1 aromatic carbocycles. The van der Waals surface area contributed by atoms with Gasteiger partial charge in [0.1, 0.15) is 0 Å². The van der Waals surface area contributed by atoms with Crippen LogP contribution in [0, 0.1) is 0 Å². The lowest BCUT2D eigenvalue weighted by Gasteiger charge is -2.16. The van der Waals surface area contributed by atoms with E-state index in [2.05, 4.69) is 41.1 Å². The molecule has 0 atom stereocenters. The van der Waals surface area contributed by atoms with E-state index in [0.717, 1.165) is 30.4 Å². The van der Waals surface area contributed by atoms with E-state index in [1.165, 1.54) is 7.11 Å². The van der Waals surface area contributed by atoms with Gasteiger partial charge in [-0.05, 0) is 31.0 Å². The number of carbonyl (C=O) groups is 1. The molecule has 1 fully saturated rings. The van der Waals surface area contributed by atoms with Crippen LogP contribution in [0.15, 0.2) is 22.7 Å². The summed E-state index contributed by atoms with van der Waals surface area (Å²) < 4.78 is 5.93. The Bertz CT molecular complexity index is 783. The van der Waals surface area contributed by atoms with Crippen molar-refractivity contribution in [3.63, 3.8) is 0 Å². The lowest BCUT2D eigenvalue weighted by molar-refractivity contribution is 0.0949. The van der Waals surface area contributed by atoms with Gasteiger partial charge in [-0.2, -0.15) is 15.0 Å². The van der Waals surface area contributed by atoms with Crippen LogP contribution in [0.5, 0.6) is 6.01 Å².